The Morgan fingerprint density at radius 1 is 0.967 bits per heavy atom. The minimum Gasteiger partial charge on any atom is -0.352 e. The van der Waals surface area contributed by atoms with Crippen molar-refractivity contribution in [3.8, 4) is 0 Å². The van der Waals surface area contributed by atoms with Crippen molar-refractivity contribution in [1.29, 1.82) is 0 Å². The van der Waals surface area contributed by atoms with Crippen LogP contribution < -0.4 is 5.73 Å². The van der Waals surface area contributed by atoms with Crippen molar-refractivity contribution >= 4 is 0 Å². The van der Waals surface area contributed by atoms with Crippen molar-refractivity contribution in [2.75, 3.05) is 6.61 Å². The van der Waals surface area contributed by atoms with Crippen LogP contribution in [0.1, 0.15) is 47.6 Å². The van der Waals surface area contributed by atoms with E-state index >= 15 is 0 Å². The van der Waals surface area contributed by atoms with Gasteiger partial charge in [-0.15, -0.1) is 0 Å². The molecule has 2 aromatic carbocycles. The largest absolute Gasteiger partial charge is 0.416 e. The molecule has 0 saturated carbocycles. The van der Waals surface area contributed by atoms with Gasteiger partial charge in [-0.25, -0.2) is 0 Å². The van der Waals surface area contributed by atoms with Crippen LogP contribution in [0, 0.1) is 0 Å². The van der Waals surface area contributed by atoms with Crippen molar-refractivity contribution in [2.24, 2.45) is 5.73 Å². The summed E-state index contributed by atoms with van der Waals surface area (Å²) in [6.07, 6.45) is -11.3. The Balaban J connectivity index is 1.91. The zero-order valence-electron chi connectivity index (χ0n) is 16.0. The van der Waals surface area contributed by atoms with Crippen LogP contribution in [0.25, 0.3) is 0 Å². The fourth-order valence-electron chi connectivity index (χ4n) is 3.50. The van der Waals surface area contributed by atoms with Crippen molar-refractivity contribution < 1.29 is 35.8 Å². The third-order valence-corrected chi connectivity index (χ3v) is 5.09. The molecule has 1 aliphatic rings. The number of hydrogen-bond acceptors (Lipinski definition) is 3. The van der Waals surface area contributed by atoms with Gasteiger partial charge in [0.25, 0.3) is 0 Å². The van der Waals surface area contributed by atoms with Gasteiger partial charge in [0, 0.05) is 6.04 Å². The third-order valence-electron chi connectivity index (χ3n) is 5.09. The second-order valence-corrected chi connectivity index (χ2v) is 7.25. The normalized spacial score (nSPS) is 23.9. The highest BCUT2D eigenvalue weighted by molar-refractivity contribution is 5.34. The van der Waals surface area contributed by atoms with Crippen LogP contribution >= 0.6 is 0 Å². The lowest BCUT2D eigenvalue weighted by molar-refractivity contribution is -0.200. The van der Waals surface area contributed by atoms with Crippen molar-refractivity contribution in [3.63, 3.8) is 0 Å². The molecule has 0 radical (unpaired) electrons. The molecule has 1 fully saturated rings. The lowest BCUT2D eigenvalue weighted by Crippen LogP contribution is -2.44. The fraction of sp³-hybridized carbons (Fsp3) is 0.429. The van der Waals surface area contributed by atoms with E-state index in [0.717, 1.165) is 5.56 Å². The Morgan fingerprint density at radius 3 is 2.07 bits per heavy atom. The van der Waals surface area contributed by atoms with Crippen molar-refractivity contribution in [2.45, 2.75) is 50.1 Å². The SMILES string of the molecule is CC(OC1OCCC(N)C1c1ccccc1)c1cc(C(F)(F)F)cc(C(F)(F)F)c1. The quantitative estimate of drug-likeness (QED) is 0.633. The maximum atomic E-state index is 13.1. The highest BCUT2D eigenvalue weighted by Crippen LogP contribution is 2.39. The smallest absolute Gasteiger partial charge is 0.352 e. The summed E-state index contributed by atoms with van der Waals surface area (Å²) in [5, 5.41) is 0. The van der Waals surface area contributed by atoms with Crippen LogP contribution in [-0.2, 0) is 21.8 Å². The summed E-state index contributed by atoms with van der Waals surface area (Å²) in [5.41, 5.74) is 4.03. The van der Waals surface area contributed by atoms with Gasteiger partial charge >= 0.3 is 12.4 Å². The number of alkyl halides is 6. The van der Waals surface area contributed by atoms with Crippen molar-refractivity contribution in [1.82, 2.24) is 0 Å². The van der Waals surface area contributed by atoms with E-state index in [2.05, 4.69) is 0 Å². The van der Waals surface area contributed by atoms with Crippen LogP contribution in [0.5, 0.6) is 0 Å². The molecular weight excluding hydrogens is 412 g/mol. The summed E-state index contributed by atoms with van der Waals surface area (Å²) >= 11 is 0. The molecule has 164 valence electrons. The van der Waals surface area contributed by atoms with Crippen LogP contribution in [0.4, 0.5) is 26.3 Å². The molecule has 4 atom stereocenters. The third kappa shape index (κ3) is 5.14. The first-order valence-electron chi connectivity index (χ1n) is 9.34. The molecule has 0 amide bonds. The summed E-state index contributed by atoms with van der Waals surface area (Å²) in [6, 6.07) is 10.2. The van der Waals surface area contributed by atoms with Gasteiger partial charge in [0.2, 0.25) is 0 Å². The molecular formula is C21H21F6NO2. The lowest BCUT2D eigenvalue weighted by atomic mass is 9.88. The van der Waals surface area contributed by atoms with E-state index in [-0.39, 0.29) is 24.3 Å². The zero-order valence-corrected chi connectivity index (χ0v) is 16.0. The average Bonchev–Trinajstić information content (AvgIpc) is 2.67. The summed E-state index contributed by atoms with van der Waals surface area (Å²) < 4.78 is 90.3. The van der Waals surface area contributed by atoms with Gasteiger partial charge in [-0.3, -0.25) is 0 Å². The maximum absolute atomic E-state index is 13.1. The maximum Gasteiger partial charge on any atom is 0.416 e. The standard InChI is InChI=1S/C21H21F6NO2/c1-12(14-9-15(20(22,23)24)11-16(10-14)21(25,26)27)30-19-18(17(28)7-8-29-19)13-5-3-2-4-6-13/h2-6,9-12,17-19H,7-8,28H2,1H3. The molecule has 0 bridgehead atoms. The number of ether oxygens (including phenoxy) is 2. The minimum absolute atomic E-state index is 0.0933. The number of nitrogens with two attached hydrogens (primary N) is 1. The molecule has 0 aromatic heterocycles. The van der Waals surface area contributed by atoms with E-state index < -0.39 is 41.8 Å². The van der Waals surface area contributed by atoms with Gasteiger partial charge in [-0.2, -0.15) is 26.3 Å². The Hall–Kier alpha value is -2.10. The number of hydrogen-bond donors (Lipinski definition) is 1. The molecule has 1 heterocycles. The molecule has 1 aliphatic heterocycles. The molecule has 0 aliphatic carbocycles. The molecule has 1 saturated heterocycles. The average molecular weight is 433 g/mol. The van der Waals surface area contributed by atoms with Gasteiger partial charge in [-0.05, 0) is 42.7 Å². The number of halogens is 6. The molecule has 4 unspecified atom stereocenters. The summed E-state index contributed by atoms with van der Waals surface area (Å²) in [6.45, 7) is 1.67. The van der Waals surface area contributed by atoms with E-state index in [1.54, 1.807) is 12.1 Å². The Kier molecular flexibility index (Phi) is 6.45. The Labute approximate surface area is 169 Å². The Bertz CT molecular complexity index is 821. The molecule has 30 heavy (non-hydrogen) atoms. The van der Waals surface area contributed by atoms with Gasteiger partial charge in [0.05, 0.1) is 29.8 Å². The lowest BCUT2D eigenvalue weighted by Gasteiger charge is -2.37. The minimum atomic E-state index is -4.92. The zero-order chi connectivity index (χ0) is 22.1. The number of benzene rings is 2. The Morgan fingerprint density at radius 2 is 1.53 bits per heavy atom. The van der Waals surface area contributed by atoms with Crippen molar-refractivity contribution in [3.05, 3.63) is 70.8 Å². The summed E-state index contributed by atoms with van der Waals surface area (Å²) in [4.78, 5) is 0. The predicted octanol–water partition coefficient (Wildman–Crippen LogP) is 5.66. The van der Waals surface area contributed by atoms with Crippen LogP contribution in [-0.4, -0.2) is 18.9 Å². The van der Waals surface area contributed by atoms with Gasteiger partial charge in [0.1, 0.15) is 0 Å². The first-order chi connectivity index (χ1) is 14.0. The van der Waals surface area contributed by atoms with E-state index in [4.69, 9.17) is 15.2 Å². The number of rotatable bonds is 4. The summed E-state index contributed by atoms with van der Waals surface area (Å²) in [5.74, 6) is -0.407. The molecule has 2 N–H and O–H groups in total. The van der Waals surface area contributed by atoms with Gasteiger partial charge in [0.15, 0.2) is 6.29 Å². The monoisotopic (exact) mass is 433 g/mol. The highest BCUT2D eigenvalue weighted by Gasteiger charge is 2.39. The van der Waals surface area contributed by atoms with Gasteiger partial charge in [-0.1, -0.05) is 30.3 Å². The molecule has 0 spiro atoms. The van der Waals surface area contributed by atoms with E-state index in [1.807, 2.05) is 18.2 Å². The van der Waals surface area contributed by atoms with Crippen LogP contribution in [0.15, 0.2) is 48.5 Å². The second-order valence-electron chi connectivity index (χ2n) is 7.25. The van der Waals surface area contributed by atoms with E-state index in [0.29, 0.717) is 18.6 Å². The van der Waals surface area contributed by atoms with Crippen LogP contribution in [0.3, 0.4) is 0 Å². The molecule has 3 rings (SSSR count). The summed E-state index contributed by atoms with van der Waals surface area (Å²) in [7, 11) is 0. The predicted molar refractivity (Wildman–Crippen MR) is 97.5 cm³/mol. The van der Waals surface area contributed by atoms with Gasteiger partial charge < -0.3 is 15.2 Å². The first kappa shape index (κ1) is 22.6. The molecule has 3 nitrogen and oxygen atoms in total. The molecule has 2 aromatic rings. The topological polar surface area (TPSA) is 44.5 Å². The first-order valence-corrected chi connectivity index (χ1v) is 9.34. The molecule has 9 heteroatoms. The van der Waals surface area contributed by atoms with Crippen LogP contribution in [0.2, 0.25) is 0 Å². The highest BCUT2D eigenvalue weighted by atomic mass is 19.4. The van der Waals surface area contributed by atoms with E-state index in [9.17, 15) is 26.3 Å². The fourth-order valence-corrected chi connectivity index (χ4v) is 3.50. The second kappa shape index (κ2) is 8.56. The van der Waals surface area contributed by atoms with E-state index in [1.165, 1.54) is 6.92 Å².